The molecule has 1 aromatic carbocycles. The van der Waals surface area contributed by atoms with E-state index in [2.05, 4.69) is 6.07 Å². The van der Waals surface area contributed by atoms with Gasteiger partial charge >= 0.3 is 0 Å². The van der Waals surface area contributed by atoms with Gasteiger partial charge in [-0.1, -0.05) is 18.2 Å². The molecule has 0 saturated carbocycles. The molecule has 0 amide bonds. The highest BCUT2D eigenvalue weighted by Gasteiger charge is 2.26. The molecular formula is C14H21NO3S. The Morgan fingerprint density at radius 3 is 2.89 bits per heavy atom. The number of nitrogens with two attached hydrogens (primary N) is 1. The number of rotatable bonds is 5. The summed E-state index contributed by atoms with van der Waals surface area (Å²) < 4.78 is 27.9. The van der Waals surface area contributed by atoms with Crippen LogP contribution in [-0.4, -0.2) is 33.1 Å². The Labute approximate surface area is 114 Å². The van der Waals surface area contributed by atoms with Crippen LogP contribution in [0, 0.1) is 0 Å². The second kappa shape index (κ2) is 5.92. The van der Waals surface area contributed by atoms with Gasteiger partial charge in [0, 0.05) is 24.0 Å². The second-order valence-electron chi connectivity index (χ2n) is 5.22. The van der Waals surface area contributed by atoms with Crippen LogP contribution in [0.15, 0.2) is 24.3 Å². The third kappa shape index (κ3) is 3.94. The van der Waals surface area contributed by atoms with Crippen LogP contribution < -0.4 is 10.5 Å². The highest BCUT2D eigenvalue weighted by molar-refractivity contribution is 7.90. The highest BCUT2D eigenvalue weighted by atomic mass is 32.2. The first-order valence-corrected chi connectivity index (χ1v) is 8.68. The maximum Gasteiger partial charge on any atom is 0.147 e. The first kappa shape index (κ1) is 14.3. The van der Waals surface area contributed by atoms with Crippen molar-refractivity contribution < 1.29 is 13.2 Å². The van der Waals surface area contributed by atoms with Gasteiger partial charge in [0.25, 0.3) is 0 Å². The predicted molar refractivity (Wildman–Crippen MR) is 76.2 cm³/mol. The van der Waals surface area contributed by atoms with Gasteiger partial charge in [0.05, 0.1) is 6.61 Å². The van der Waals surface area contributed by atoms with Crippen LogP contribution >= 0.6 is 0 Å². The molecule has 0 bridgehead atoms. The molecule has 1 aliphatic rings. The molecule has 2 N–H and O–H groups in total. The van der Waals surface area contributed by atoms with Gasteiger partial charge in [-0.15, -0.1) is 0 Å². The third-order valence-corrected chi connectivity index (χ3v) is 4.60. The summed E-state index contributed by atoms with van der Waals surface area (Å²) >= 11 is 0. The van der Waals surface area contributed by atoms with Crippen molar-refractivity contribution in [1.82, 2.24) is 0 Å². The molecular weight excluding hydrogens is 262 g/mol. The quantitative estimate of drug-likeness (QED) is 0.893. The normalized spacial score (nSPS) is 20.4. The van der Waals surface area contributed by atoms with Gasteiger partial charge in [-0.3, -0.25) is 0 Å². The van der Waals surface area contributed by atoms with Gasteiger partial charge in [0.1, 0.15) is 15.6 Å². The van der Waals surface area contributed by atoms with E-state index < -0.39 is 9.84 Å². The van der Waals surface area contributed by atoms with Gasteiger partial charge in [0.15, 0.2) is 0 Å². The van der Waals surface area contributed by atoms with Crippen molar-refractivity contribution in [3.05, 3.63) is 29.8 Å². The molecule has 0 aliphatic carbocycles. The minimum Gasteiger partial charge on any atom is -0.493 e. The summed E-state index contributed by atoms with van der Waals surface area (Å²) in [4.78, 5) is 0. The average molecular weight is 283 g/mol. The smallest absolute Gasteiger partial charge is 0.147 e. The number of hydrogen-bond acceptors (Lipinski definition) is 4. The monoisotopic (exact) mass is 283 g/mol. The minimum atomic E-state index is -2.89. The fourth-order valence-electron chi connectivity index (χ4n) is 2.60. The molecule has 5 heteroatoms. The fraction of sp³-hybridized carbons (Fsp3) is 0.571. The zero-order chi connectivity index (χ0) is 13.9. The lowest BCUT2D eigenvalue weighted by molar-refractivity contribution is 0.252. The molecule has 106 valence electrons. The first-order valence-electron chi connectivity index (χ1n) is 6.62. The summed E-state index contributed by atoms with van der Waals surface area (Å²) in [6.45, 7) is 0.682. The van der Waals surface area contributed by atoms with Crippen LogP contribution in [0.2, 0.25) is 0 Å². The molecule has 19 heavy (non-hydrogen) atoms. The Balaban J connectivity index is 1.99. The van der Waals surface area contributed by atoms with E-state index in [1.807, 2.05) is 18.2 Å². The molecule has 4 nitrogen and oxygen atoms in total. The van der Waals surface area contributed by atoms with Crippen LogP contribution in [-0.2, 0) is 9.84 Å². The number of para-hydroxylation sites is 1. The average Bonchev–Trinajstić information content (AvgIpc) is 2.36. The zero-order valence-electron chi connectivity index (χ0n) is 11.2. The molecule has 2 rings (SSSR count). The van der Waals surface area contributed by atoms with Crippen molar-refractivity contribution in [3.8, 4) is 5.75 Å². The van der Waals surface area contributed by atoms with E-state index in [1.54, 1.807) is 0 Å². The van der Waals surface area contributed by atoms with Crippen LogP contribution in [0.25, 0.3) is 0 Å². The Bertz CT molecular complexity index is 527. The second-order valence-corrected chi connectivity index (χ2v) is 7.48. The van der Waals surface area contributed by atoms with E-state index in [0.717, 1.165) is 24.2 Å². The van der Waals surface area contributed by atoms with Crippen molar-refractivity contribution in [2.45, 2.75) is 31.2 Å². The lowest BCUT2D eigenvalue weighted by atomic mass is 9.85. The fourth-order valence-corrected chi connectivity index (χ4v) is 3.29. The summed E-state index contributed by atoms with van der Waals surface area (Å²) in [5, 5.41) is 0. The molecule has 1 aromatic rings. The Morgan fingerprint density at radius 2 is 2.16 bits per heavy atom. The molecule has 0 spiro atoms. The maximum atomic E-state index is 11.1. The number of benzene rings is 1. The summed E-state index contributed by atoms with van der Waals surface area (Å²) in [5.74, 6) is 1.40. The van der Waals surface area contributed by atoms with Crippen molar-refractivity contribution in [2.24, 2.45) is 5.73 Å². The van der Waals surface area contributed by atoms with E-state index in [0.29, 0.717) is 13.0 Å². The standard InChI is InChI=1S/C14H21NO3S/c1-19(16,17)10-4-6-13(15)11-8-9-18-14-7-3-2-5-12(11)14/h2-3,5,7,11,13H,4,6,8-10,15H2,1H3. The van der Waals surface area contributed by atoms with E-state index in [9.17, 15) is 8.42 Å². The molecule has 0 aromatic heterocycles. The van der Waals surface area contributed by atoms with E-state index in [-0.39, 0.29) is 17.7 Å². The van der Waals surface area contributed by atoms with Crippen molar-refractivity contribution in [1.29, 1.82) is 0 Å². The predicted octanol–water partition coefficient (Wildman–Crippen LogP) is 1.70. The Kier molecular flexibility index (Phi) is 4.47. The van der Waals surface area contributed by atoms with Gasteiger partial charge in [-0.05, 0) is 30.9 Å². The summed E-state index contributed by atoms with van der Waals surface area (Å²) in [7, 11) is -2.89. The third-order valence-electron chi connectivity index (χ3n) is 3.57. The maximum absolute atomic E-state index is 11.1. The molecule has 2 atom stereocenters. The largest absolute Gasteiger partial charge is 0.493 e. The first-order chi connectivity index (χ1) is 8.97. The number of sulfone groups is 1. The Hall–Kier alpha value is -1.07. The molecule has 0 saturated heterocycles. The lowest BCUT2D eigenvalue weighted by Gasteiger charge is -2.30. The number of hydrogen-bond donors (Lipinski definition) is 1. The topological polar surface area (TPSA) is 69.4 Å². The lowest BCUT2D eigenvalue weighted by Crippen LogP contribution is -2.32. The molecule has 1 heterocycles. The SMILES string of the molecule is CS(=O)(=O)CCCC(N)C1CCOc2ccccc21. The summed E-state index contributed by atoms with van der Waals surface area (Å²) in [5.41, 5.74) is 7.40. The minimum absolute atomic E-state index is 0.00759. The Morgan fingerprint density at radius 1 is 1.42 bits per heavy atom. The summed E-state index contributed by atoms with van der Waals surface area (Å²) in [6.07, 6.45) is 3.52. The van der Waals surface area contributed by atoms with Gasteiger partial charge in [-0.2, -0.15) is 0 Å². The van der Waals surface area contributed by atoms with Crippen molar-refractivity contribution in [3.63, 3.8) is 0 Å². The van der Waals surface area contributed by atoms with Crippen molar-refractivity contribution >= 4 is 9.84 Å². The molecule has 1 aliphatic heterocycles. The van der Waals surface area contributed by atoms with E-state index in [4.69, 9.17) is 10.5 Å². The van der Waals surface area contributed by atoms with E-state index >= 15 is 0 Å². The summed E-state index contributed by atoms with van der Waals surface area (Å²) in [6, 6.07) is 7.95. The molecule has 0 fully saturated rings. The number of ether oxygens (including phenoxy) is 1. The van der Waals surface area contributed by atoms with Crippen LogP contribution in [0.1, 0.15) is 30.7 Å². The van der Waals surface area contributed by atoms with Gasteiger partial charge < -0.3 is 10.5 Å². The highest BCUT2D eigenvalue weighted by Crippen LogP contribution is 2.35. The molecule has 2 unspecified atom stereocenters. The number of fused-ring (bicyclic) bond motifs is 1. The van der Waals surface area contributed by atoms with Crippen molar-refractivity contribution in [2.75, 3.05) is 18.6 Å². The van der Waals surface area contributed by atoms with Gasteiger partial charge in [-0.25, -0.2) is 8.42 Å². The van der Waals surface area contributed by atoms with Crippen LogP contribution in [0.4, 0.5) is 0 Å². The molecule has 0 radical (unpaired) electrons. The van der Waals surface area contributed by atoms with Gasteiger partial charge in [0.2, 0.25) is 0 Å². The zero-order valence-corrected chi connectivity index (χ0v) is 12.0. The van der Waals surface area contributed by atoms with Crippen LogP contribution in [0.5, 0.6) is 5.75 Å². The van der Waals surface area contributed by atoms with E-state index in [1.165, 1.54) is 6.26 Å². The van der Waals surface area contributed by atoms with Crippen LogP contribution in [0.3, 0.4) is 0 Å².